The maximum Gasteiger partial charge on any atom is 0.263 e. The van der Waals surface area contributed by atoms with E-state index in [1.807, 2.05) is 0 Å². The predicted molar refractivity (Wildman–Crippen MR) is 99.2 cm³/mol. The van der Waals surface area contributed by atoms with Gasteiger partial charge >= 0.3 is 0 Å². The summed E-state index contributed by atoms with van der Waals surface area (Å²) in [6.07, 6.45) is 3.07. The second-order valence-electron chi connectivity index (χ2n) is 5.78. The van der Waals surface area contributed by atoms with Crippen LogP contribution in [0.4, 0.5) is 10.3 Å². The highest BCUT2D eigenvalue weighted by molar-refractivity contribution is 5.80. The molecule has 2 N–H and O–H groups in total. The number of anilines is 1. The summed E-state index contributed by atoms with van der Waals surface area (Å²) >= 11 is 0. The first kappa shape index (κ1) is 17.3. The Balaban J connectivity index is 2.40. The van der Waals surface area contributed by atoms with Crippen molar-refractivity contribution < 1.29 is 4.39 Å². The van der Waals surface area contributed by atoms with E-state index in [2.05, 4.69) is 11.6 Å². The summed E-state index contributed by atoms with van der Waals surface area (Å²) in [4.78, 5) is 29.1. The molecule has 0 aliphatic carbocycles. The monoisotopic (exact) mass is 352 g/mol. The zero-order valence-corrected chi connectivity index (χ0v) is 14.1. The number of nitrogens with two attached hydrogens (primary N) is 1. The predicted octanol–water partition coefficient (Wildman–Crippen LogP) is 2.18. The molecule has 0 aliphatic rings. The third kappa shape index (κ3) is 3.06. The first-order chi connectivity index (χ1) is 12.4. The van der Waals surface area contributed by atoms with Crippen molar-refractivity contribution in [2.75, 3.05) is 5.73 Å². The highest BCUT2D eigenvalue weighted by Crippen LogP contribution is 2.28. The molecule has 3 aromatic rings. The normalized spacial score (nSPS) is 10.7. The van der Waals surface area contributed by atoms with Crippen molar-refractivity contribution in [2.24, 2.45) is 7.05 Å². The Kier molecular flexibility index (Phi) is 4.53. The molecule has 0 unspecified atom stereocenters. The average molecular weight is 352 g/mol. The molecule has 2 aromatic heterocycles. The molecule has 0 saturated heterocycles. The fourth-order valence-electron chi connectivity index (χ4n) is 2.72. The Morgan fingerprint density at radius 2 is 2.00 bits per heavy atom. The Morgan fingerprint density at radius 1 is 1.23 bits per heavy atom. The fraction of sp³-hybridized carbons (Fsp3) is 0.105. The Hall–Kier alpha value is -3.48. The zero-order chi connectivity index (χ0) is 18.8. The van der Waals surface area contributed by atoms with Crippen LogP contribution in [-0.2, 0) is 13.6 Å². The smallest absolute Gasteiger partial charge is 0.263 e. The lowest BCUT2D eigenvalue weighted by Crippen LogP contribution is -2.27. The van der Waals surface area contributed by atoms with Gasteiger partial charge in [0.15, 0.2) is 0 Å². The molecule has 7 heteroatoms. The van der Waals surface area contributed by atoms with Crippen molar-refractivity contribution >= 4 is 5.95 Å². The van der Waals surface area contributed by atoms with Crippen molar-refractivity contribution in [3.05, 3.63) is 81.8 Å². The van der Waals surface area contributed by atoms with Gasteiger partial charge in [-0.25, -0.2) is 9.37 Å². The third-order valence-corrected chi connectivity index (χ3v) is 3.98. The quantitative estimate of drug-likeness (QED) is 0.730. The van der Waals surface area contributed by atoms with E-state index in [1.165, 1.54) is 51.7 Å². The van der Waals surface area contributed by atoms with Crippen LogP contribution in [0.15, 0.2) is 64.8 Å². The Labute approximate surface area is 148 Å². The maximum atomic E-state index is 13.7. The van der Waals surface area contributed by atoms with Gasteiger partial charge in [-0.15, -0.1) is 6.58 Å². The summed E-state index contributed by atoms with van der Waals surface area (Å²) in [6, 6.07) is 8.66. The Morgan fingerprint density at radius 3 is 2.65 bits per heavy atom. The van der Waals surface area contributed by atoms with E-state index >= 15 is 0 Å². The van der Waals surface area contributed by atoms with Crippen LogP contribution in [0.25, 0.3) is 22.4 Å². The molecule has 0 fully saturated rings. The first-order valence-corrected chi connectivity index (χ1v) is 7.86. The second kappa shape index (κ2) is 6.79. The average Bonchev–Trinajstić information content (AvgIpc) is 2.61. The van der Waals surface area contributed by atoms with Crippen molar-refractivity contribution in [3.8, 4) is 22.4 Å². The minimum Gasteiger partial charge on any atom is -0.369 e. The van der Waals surface area contributed by atoms with Crippen molar-refractivity contribution in [1.82, 2.24) is 14.1 Å². The zero-order valence-electron chi connectivity index (χ0n) is 14.1. The Bertz CT molecular complexity index is 1120. The lowest BCUT2D eigenvalue weighted by atomic mass is 10.0. The van der Waals surface area contributed by atoms with Gasteiger partial charge in [0.2, 0.25) is 11.5 Å². The lowest BCUT2D eigenvalue weighted by molar-refractivity contribution is 0.628. The van der Waals surface area contributed by atoms with E-state index in [0.29, 0.717) is 11.1 Å². The molecular formula is C19H17FN4O2. The van der Waals surface area contributed by atoms with Crippen molar-refractivity contribution in [1.29, 1.82) is 0 Å². The molecule has 6 nitrogen and oxygen atoms in total. The van der Waals surface area contributed by atoms with E-state index in [4.69, 9.17) is 5.73 Å². The second-order valence-corrected chi connectivity index (χ2v) is 5.78. The molecule has 0 radical (unpaired) electrons. The molecule has 1 aromatic carbocycles. The van der Waals surface area contributed by atoms with Gasteiger partial charge < -0.3 is 10.3 Å². The summed E-state index contributed by atoms with van der Waals surface area (Å²) in [6.45, 7) is 3.80. The topological polar surface area (TPSA) is 82.9 Å². The van der Waals surface area contributed by atoms with Gasteiger partial charge in [-0.3, -0.25) is 14.2 Å². The third-order valence-electron chi connectivity index (χ3n) is 3.98. The van der Waals surface area contributed by atoms with Crippen LogP contribution >= 0.6 is 0 Å². The SMILES string of the molecule is C=CCn1c(N)nc(-c2cccc(F)c2)c(-c2ccc(=O)n(C)c2)c1=O. The van der Waals surface area contributed by atoms with Crippen LogP contribution < -0.4 is 16.9 Å². The summed E-state index contributed by atoms with van der Waals surface area (Å²) in [5, 5.41) is 0. The first-order valence-electron chi connectivity index (χ1n) is 7.86. The molecule has 0 saturated carbocycles. The number of pyridine rings is 1. The minimum absolute atomic E-state index is 0.00253. The molecular weight excluding hydrogens is 335 g/mol. The van der Waals surface area contributed by atoms with E-state index < -0.39 is 11.4 Å². The number of aromatic nitrogens is 3. The van der Waals surface area contributed by atoms with Gasteiger partial charge in [-0.1, -0.05) is 18.2 Å². The number of aryl methyl sites for hydroxylation is 1. The number of hydrogen-bond acceptors (Lipinski definition) is 4. The number of nitrogens with zero attached hydrogens (tertiary/aromatic N) is 3. The van der Waals surface area contributed by atoms with E-state index in [0.717, 1.165) is 0 Å². The highest BCUT2D eigenvalue weighted by Gasteiger charge is 2.19. The van der Waals surface area contributed by atoms with E-state index in [9.17, 15) is 14.0 Å². The molecule has 0 spiro atoms. The molecule has 0 aliphatic heterocycles. The van der Waals surface area contributed by atoms with Gasteiger partial charge in [0.1, 0.15) is 5.82 Å². The lowest BCUT2D eigenvalue weighted by Gasteiger charge is -2.14. The minimum atomic E-state index is -0.454. The van der Waals surface area contributed by atoms with E-state index in [1.54, 1.807) is 13.1 Å². The van der Waals surface area contributed by atoms with Crippen LogP contribution in [0, 0.1) is 5.82 Å². The standard InChI is InChI=1S/C19H17FN4O2/c1-3-9-24-18(26)16(13-7-8-15(25)23(2)11-13)17(22-19(24)21)12-5-4-6-14(20)10-12/h3-8,10-11H,1,9H2,2H3,(H2,21,22). The van der Waals surface area contributed by atoms with Gasteiger partial charge in [-0.2, -0.15) is 0 Å². The van der Waals surface area contributed by atoms with Crippen LogP contribution in [0.1, 0.15) is 0 Å². The number of nitrogen functional groups attached to an aromatic ring is 1. The molecule has 26 heavy (non-hydrogen) atoms. The number of allylic oxidation sites excluding steroid dienone is 1. The number of halogens is 1. The summed E-state index contributed by atoms with van der Waals surface area (Å²) in [5.41, 5.74) is 6.74. The van der Waals surface area contributed by atoms with Gasteiger partial charge in [0.25, 0.3) is 5.56 Å². The summed E-state index contributed by atoms with van der Waals surface area (Å²) in [5.74, 6) is -0.452. The molecule has 0 bridgehead atoms. The summed E-state index contributed by atoms with van der Waals surface area (Å²) in [7, 11) is 1.58. The molecule has 0 amide bonds. The number of rotatable bonds is 4. The van der Waals surface area contributed by atoms with Crippen molar-refractivity contribution in [3.63, 3.8) is 0 Å². The van der Waals surface area contributed by atoms with Crippen LogP contribution in [-0.4, -0.2) is 14.1 Å². The van der Waals surface area contributed by atoms with Gasteiger partial charge in [0.05, 0.1) is 11.3 Å². The largest absolute Gasteiger partial charge is 0.369 e. The van der Waals surface area contributed by atoms with Crippen molar-refractivity contribution in [2.45, 2.75) is 6.54 Å². The molecule has 0 atom stereocenters. The molecule has 132 valence electrons. The number of benzene rings is 1. The molecule has 2 heterocycles. The molecule has 3 rings (SSSR count). The van der Waals surface area contributed by atoms with E-state index in [-0.39, 0.29) is 29.3 Å². The van der Waals surface area contributed by atoms with Crippen LogP contribution in [0.3, 0.4) is 0 Å². The van der Waals surface area contributed by atoms with Gasteiger partial charge in [0, 0.05) is 37.0 Å². The highest BCUT2D eigenvalue weighted by atomic mass is 19.1. The number of hydrogen-bond donors (Lipinski definition) is 1. The van der Waals surface area contributed by atoms with Crippen LogP contribution in [0.2, 0.25) is 0 Å². The van der Waals surface area contributed by atoms with Crippen LogP contribution in [0.5, 0.6) is 0 Å². The fourth-order valence-corrected chi connectivity index (χ4v) is 2.72. The van der Waals surface area contributed by atoms with Gasteiger partial charge in [-0.05, 0) is 18.2 Å². The maximum absolute atomic E-state index is 13.7. The summed E-state index contributed by atoms with van der Waals surface area (Å²) < 4.78 is 16.3.